The summed E-state index contributed by atoms with van der Waals surface area (Å²) in [5.41, 5.74) is 3.42. The van der Waals surface area contributed by atoms with E-state index in [-0.39, 0.29) is 42.7 Å². The lowest BCUT2D eigenvalue weighted by atomic mass is 9.88. The fourth-order valence-corrected chi connectivity index (χ4v) is 5.13. The SMILES string of the molecule is O=CCC(NC(=O)OCc1ccccc1)C1CCN(c2nc(Nc3ccc4c(c3)CCC(=O)N4)ncc2F)CC1. The summed E-state index contributed by atoms with van der Waals surface area (Å²) >= 11 is 0. The van der Waals surface area contributed by atoms with Crippen LogP contribution in [0.25, 0.3) is 0 Å². The van der Waals surface area contributed by atoms with Crippen molar-refractivity contribution < 1.29 is 23.5 Å². The van der Waals surface area contributed by atoms with Gasteiger partial charge in [0.1, 0.15) is 12.9 Å². The number of piperidine rings is 1. The van der Waals surface area contributed by atoms with Crippen LogP contribution in [0.3, 0.4) is 0 Å². The quantitative estimate of drug-likeness (QED) is 0.339. The highest BCUT2D eigenvalue weighted by molar-refractivity contribution is 5.94. The third kappa shape index (κ3) is 6.71. The molecule has 1 aromatic heterocycles. The highest BCUT2D eigenvalue weighted by Gasteiger charge is 2.29. The summed E-state index contributed by atoms with van der Waals surface area (Å²) in [5, 5.41) is 8.82. The number of nitrogens with zero attached hydrogens (tertiary/aromatic N) is 3. The van der Waals surface area contributed by atoms with Crippen LogP contribution in [0.5, 0.6) is 0 Å². The molecule has 0 saturated carbocycles. The van der Waals surface area contributed by atoms with E-state index in [9.17, 15) is 18.8 Å². The number of aromatic nitrogens is 2. The lowest BCUT2D eigenvalue weighted by Crippen LogP contribution is -2.46. The highest BCUT2D eigenvalue weighted by atomic mass is 19.1. The Morgan fingerprint density at radius 1 is 1.18 bits per heavy atom. The summed E-state index contributed by atoms with van der Waals surface area (Å²) in [6.45, 7) is 1.16. The standard InChI is InChI=1S/C29H31FN6O4/c30-23-17-31-28(32-22-7-8-24-21(16-22)6-9-26(38)33-24)35-27(23)36-13-10-20(11-14-36)25(12-15-37)34-29(39)40-18-19-4-2-1-3-5-19/h1-5,7-8,15-17,20,25H,6,9-14,18H2,(H,33,38)(H,34,39)(H,31,32,35). The summed E-state index contributed by atoms with van der Waals surface area (Å²) in [6.07, 6.45) is 3.90. The maximum Gasteiger partial charge on any atom is 0.407 e. The largest absolute Gasteiger partial charge is 0.445 e. The van der Waals surface area contributed by atoms with Crippen molar-refractivity contribution in [2.24, 2.45) is 5.92 Å². The van der Waals surface area contributed by atoms with Gasteiger partial charge in [0.25, 0.3) is 0 Å². The van der Waals surface area contributed by atoms with Gasteiger partial charge in [-0.05, 0) is 54.5 Å². The number of fused-ring (bicyclic) bond motifs is 1. The molecular weight excluding hydrogens is 515 g/mol. The minimum atomic E-state index is -0.569. The number of aldehydes is 1. The molecule has 1 fully saturated rings. The van der Waals surface area contributed by atoms with Crippen LogP contribution in [-0.2, 0) is 27.4 Å². The van der Waals surface area contributed by atoms with E-state index in [0.717, 1.165) is 35.0 Å². The number of anilines is 4. The first-order valence-corrected chi connectivity index (χ1v) is 13.4. The molecule has 5 rings (SSSR count). The zero-order chi connectivity index (χ0) is 27.9. The second-order valence-electron chi connectivity index (χ2n) is 9.95. The molecule has 40 heavy (non-hydrogen) atoms. The normalized spacial score (nSPS) is 15.9. The smallest absolute Gasteiger partial charge is 0.407 e. The van der Waals surface area contributed by atoms with E-state index in [1.807, 2.05) is 53.4 Å². The molecule has 11 heteroatoms. The van der Waals surface area contributed by atoms with Crippen LogP contribution in [0.1, 0.15) is 36.8 Å². The number of ether oxygens (including phenoxy) is 1. The van der Waals surface area contributed by atoms with E-state index >= 15 is 0 Å². The van der Waals surface area contributed by atoms with Crippen LogP contribution < -0.4 is 20.9 Å². The van der Waals surface area contributed by atoms with Gasteiger partial charge in [-0.25, -0.2) is 14.2 Å². The fourth-order valence-electron chi connectivity index (χ4n) is 5.13. The first kappa shape index (κ1) is 27.0. The van der Waals surface area contributed by atoms with E-state index in [0.29, 0.717) is 38.8 Å². The molecule has 3 aromatic rings. The maximum atomic E-state index is 14.8. The third-order valence-corrected chi connectivity index (χ3v) is 7.26. The molecular formula is C29H31FN6O4. The number of hydrogen-bond donors (Lipinski definition) is 3. The second-order valence-corrected chi connectivity index (χ2v) is 9.95. The van der Waals surface area contributed by atoms with Gasteiger partial charge in [0.2, 0.25) is 11.9 Å². The average molecular weight is 547 g/mol. The Hall–Kier alpha value is -4.54. The molecule has 3 N–H and O–H groups in total. The topological polar surface area (TPSA) is 126 Å². The van der Waals surface area contributed by atoms with Gasteiger partial charge in [0, 0.05) is 43.3 Å². The van der Waals surface area contributed by atoms with Crippen molar-refractivity contribution in [3.05, 3.63) is 71.7 Å². The van der Waals surface area contributed by atoms with Crippen LogP contribution >= 0.6 is 0 Å². The number of hydrogen-bond acceptors (Lipinski definition) is 8. The first-order valence-electron chi connectivity index (χ1n) is 13.4. The Labute approximate surface area is 231 Å². The van der Waals surface area contributed by atoms with Crippen molar-refractivity contribution in [2.75, 3.05) is 28.6 Å². The molecule has 0 spiro atoms. The summed E-state index contributed by atoms with van der Waals surface area (Å²) in [7, 11) is 0. The molecule has 10 nitrogen and oxygen atoms in total. The highest BCUT2D eigenvalue weighted by Crippen LogP contribution is 2.29. The Morgan fingerprint density at radius 3 is 2.75 bits per heavy atom. The first-order chi connectivity index (χ1) is 19.5. The Morgan fingerprint density at radius 2 is 1.98 bits per heavy atom. The zero-order valence-corrected chi connectivity index (χ0v) is 21.9. The minimum Gasteiger partial charge on any atom is -0.445 e. The summed E-state index contributed by atoms with van der Waals surface area (Å²) < 4.78 is 20.1. The molecule has 3 heterocycles. The third-order valence-electron chi connectivity index (χ3n) is 7.26. The second kappa shape index (κ2) is 12.5. The molecule has 0 bridgehead atoms. The van der Waals surface area contributed by atoms with E-state index in [1.54, 1.807) is 0 Å². The van der Waals surface area contributed by atoms with Gasteiger partial charge in [-0.1, -0.05) is 30.3 Å². The van der Waals surface area contributed by atoms with Crippen molar-refractivity contribution in [3.8, 4) is 0 Å². The number of alkyl carbamates (subject to hydrolysis) is 1. The minimum absolute atomic E-state index is 0.000239. The van der Waals surface area contributed by atoms with Gasteiger partial charge >= 0.3 is 6.09 Å². The van der Waals surface area contributed by atoms with Crippen LogP contribution in [0.2, 0.25) is 0 Å². The number of halogens is 1. The van der Waals surface area contributed by atoms with Crippen molar-refractivity contribution in [3.63, 3.8) is 0 Å². The lowest BCUT2D eigenvalue weighted by molar-refractivity contribution is -0.116. The molecule has 2 aromatic carbocycles. The lowest BCUT2D eigenvalue weighted by Gasteiger charge is -2.36. The van der Waals surface area contributed by atoms with Crippen LogP contribution in [0.4, 0.5) is 32.3 Å². The number of carbonyl (C=O) groups is 3. The molecule has 1 saturated heterocycles. The number of amides is 2. The van der Waals surface area contributed by atoms with Gasteiger partial charge < -0.3 is 30.4 Å². The molecule has 208 valence electrons. The van der Waals surface area contributed by atoms with E-state index in [1.165, 1.54) is 0 Å². The van der Waals surface area contributed by atoms with Crippen LogP contribution in [0.15, 0.2) is 54.7 Å². The summed E-state index contributed by atoms with van der Waals surface area (Å²) in [5.74, 6) is -0.0310. The van der Waals surface area contributed by atoms with E-state index in [4.69, 9.17) is 4.74 Å². The maximum absolute atomic E-state index is 14.8. The van der Waals surface area contributed by atoms with E-state index < -0.39 is 11.9 Å². The number of aryl methyl sites for hydroxylation is 1. The van der Waals surface area contributed by atoms with Crippen LogP contribution in [-0.4, -0.2) is 47.4 Å². The molecule has 0 aliphatic carbocycles. The summed E-state index contributed by atoms with van der Waals surface area (Å²) in [6, 6.07) is 14.6. The van der Waals surface area contributed by atoms with Crippen molar-refractivity contribution in [1.82, 2.24) is 15.3 Å². The van der Waals surface area contributed by atoms with Gasteiger partial charge in [-0.3, -0.25) is 4.79 Å². The van der Waals surface area contributed by atoms with Crippen molar-refractivity contribution >= 4 is 41.4 Å². The molecule has 2 amide bonds. The monoisotopic (exact) mass is 546 g/mol. The van der Waals surface area contributed by atoms with Gasteiger partial charge in [0.15, 0.2) is 11.6 Å². The molecule has 2 aliphatic rings. The van der Waals surface area contributed by atoms with E-state index in [2.05, 4.69) is 25.9 Å². The molecule has 1 unspecified atom stereocenters. The fraction of sp³-hybridized carbons (Fsp3) is 0.345. The average Bonchev–Trinajstić information content (AvgIpc) is 2.97. The predicted octanol–water partition coefficient (Wildman–Crippen LogP) is 4.34. The Kier molecular flexibility index (Phi) is 8.48. The van der Waals surface area contributed by atoms with Crippen molar-refractivity contribution in [2.45, 2.75) is 44.8 Å². The molecule has 2 aliphatic heterocycles. The summed E-state index contributed by atoms with van der Waals surface area (Å²) in [4.78, 5) is 45.7. The Balaban J connectivity index is 1.18. The zero-order valence-electron chi connectivity index (χ0n) is 21.9. The number of nitrogens with one attached hydrogen (secondary N) is 3. The predicted molar refractivity (Wildman–Crippen MR) is 148 cm³/mol. The van der Waals surface area contributed by atoms with Gasteiger partial charge in [-0.2, -0.15) is 4.98 Å². The number of rotatable bonds is 9. The van der Waals surface area contributed by atoms with Gasteiger partial charge in [0.05, 0.1) is 6.20 Å². The van der Waals surface area contributed by atoms with Crippen molar-refractivity contribution in [1.29, 1.82) is 0 Å². The van der Waals surface area contributed by atoms with Crippen LogP contribution in [0, 0.1) is 11.7 Å². The number of carbonyl (C=O) groups excluding carboxylic acids is 3. The molecule has 1 atom stereocenters. The van der Waals surface area contributed by atoms with Gasteiger partial charge in [-0.15, -0.1) is 0 Å². The number of benzene rings is 2. The molecule has 0 radical (unpaired) electrons. The Bertz CT molecular complexity index is 1360.